The van der Waals surface area contributed by atoms with Crippen LogP contribution in [0.1, 0.15) is 24.6 Å². The molecule has 0 bridgehead atoms. The molecular weight excluding hydrogens is 266 g/mol. The van der Waals surface area contributed by atoms with Crippen molar-refractivity contribution in [3.05, 3.63) is 36.7 Å². The summed E-state index contributed by atoms with van der Waals surface area (Å²) in [6, 6.07) is 2.12. The third kappa shape index (κ3) is 2.76. The Morgan fingerprint density at radius 1 is 1.19 bits per heavy atom. The maximum atomic E-state index is 5.89. The van der Waals surface area contributed by atoms with E-state index in [9.17, 15) is 0 Å². The highest BCUT2D eigenvalue weighted by Crippen LogP contribution is 2.30. The number of imidazole rings is 1. The number of nitrogens with zero attached hydrogens (tertiary/aromatic N) is 5. The Labute approximate surface area is 123 Å². The van der Waals surface area contributed by atoms with Crippen molar-refractivity contribution in [3.63, 3.8) is 0 Å². The van der Waals surface area contributed by atoms with E-state index in [1.807, 2.05) is 18.6 Å². The van der Waals surface area contributed by atoms with Crippen molar-refractivity contribution in [1.29, 1.82) is 0 Å². The summed E-state index contributed by atoms with van der Waals surface area (Å²) in [6.07, 6.45) is 10.0. The maximum Gasteiger partial charge on any atom is 0.225 e. The molecule has 1 saturated carbocycles. The largest absolute Gasteiger partial charge is 0.379 e. The molecule has 2 aromatic rings. The van der Waals surface area contributed by atoms with Crippen molar-refractivity contribution in [1.82, 2.24) is 19.5 Å². The van der Waals surface area contributed by atoms with Gasteiger partial charge in [-0.15, -0.1) is 0 Å². The monoisotopic (exact) mass is 285 g/mol. The first-order valence-corrected chi connectivity index (χ1v) is 7.50. The summed E-state index contributed by atoms with van der Waals surface area (Å²) in [5, 5.41) is 0. The van der Waals surface area contributed by atoms with Crippen molar-refractivity contribution in [2.75, 3.05) is 24.7 Å². The number of aromatic nitrogens is 4. The van der Waals surface area contributed by atoms with Gasteiger partial charge in [-0.25, -0.2) is 15.0 Å². The molecule has 0 saturated heterocycles. The summed E-state index contributed by atoms with van der Waals surface area (Å²) in [5.41, 5.74) is 1.19. The van der Waals surface area contributed by atoms with Gasteiger partial charge in [0, 0.05) is 31.7 Å². The van der Waals surface area contributed by atoms with E-state index < -0.39 is 0 Å². The zero-order valence-electron chi connectivity index (χ0n) is 11.9. The van der Waals surface area contributed by atoms with Crippen molar-refractivity contribution >= 4 is 5.95 Å². The van der Waals surface area contributed by atoms with Gasteiger partial charge in [-0.05, 0) is 24.8 Å². The average molecular weight is 285 g/mol. The smallest absolute Gasteiger partial charge is 0.225 e. The molecule has 6 heteroatoms. The van der Waals surface area contributed by atoms with Gasteiger partial charge in [-0.1, -0.05) is 0 Å². The zero-order chi connectivity index (χ0) is 14.1. The van der Waals surface area contributed by atoms with Crippen molar-refractivity contribution in [2.45, 2.75) is 25.4 Å². The van der Waals surface area contributed by atoms with E-state index in [1.165, 1.54) is 18.5 Å². The Kier molecular flexibility index (Phi) is 3.31. The molecule has 1 unspecified atom stereocenters. The minimum absolute atomic E-state index is 0.277. The molecule has 2 aromatic heterocycles. The number of anilines is 1. The predicted octanol–water partition coefficient (Wildman–Crippen LogP) is 1.66. The second kappa shape index (κ2) is 5.44. The summed E-state index contributed by atoms with van der Waals surface area (Å²) in [6.45, 7) is 3.27. The quantitative estimate of drug-likeness (QED) is 0.836. The van der Waals surface area contributed by atoms with E-state index in [0.717, 1.165) is 38.2 Å². The van der Waals surface area contributed by atoms with E-state index in [0.29, 0.717) is 0 Å². The molecule has 1 fully saturated rings. The Bertz CT molecular complexity index is 595. The Hall–Kier alpha value is -1.95. The lowest BCUT2D eigenvalue weighted by molar-refractivity contribution is 0.0919. The molecule has 0 radical (unpaired) electrons. The average Bonchev–Trinajstić information content (AvgIpc) is 3.22. The van der Waals surface area contributed by atoms with Crippen LogP contribution in [-0.4, -0.2) is 39.3 Å². The van der Waals surface area contributed by atoms with Gasteiger partial charge in [0.15, 0.2) is 0 Å². The summed E-state index contributed by atoms with van der Waals surface area (Å²) in [7, 11) is 0. The van der Waals surface area contributed by atoms with Crippen LogP contribution < -0.4 is 4.90 Å². The first-order chi connectivity index (χ1) is 10.4. The molecule has 0 spiro atoms. The normalized spacial score (nSPS) is 21.3. The first-order valence-electron chi connectivity index (χ1n) is 7.50. The van der Waals surface area contributed by atoms with Gasteiger partial charge in [0.2, 0.25) is 5.95 Å². The highest BCUT2D eigenvalue weighted by Gasteiger charge is 2.27. The molecule has 3 heterocycles. The predicted molar refractivity (Wildman–Crippen MR) is 77.9 cm³/mol. The number of hydrogen-bond acceptors (Lipinski definition) is 5. The van der Waals surface area contributed by atoms with Gasteiger partial charge in [0.25, 0.3) is 0 Å². The fourth-order valence-electron chi connectivity index (χ4n) is 2.78. The molecule has 110 valence electrons. The van der Waals surface area contributed by atoms with Crippen LogP contribution in [0.25, 0.3) is 0 Å². The molecular formula is C15H19N5O. The van der Waals surface area contributed by atoms with Gasteiger partial charge in [-0.2, -0.15) is 0 Å². The van der Waals surface area contributed by atoms with Crippen LogP contribution in [0.4, 0.5) is 5.95 Å². The van der Waals surface area contributed by atoms with Crippen LogP contribution in [-0.2, 0) is 11.3 Å². The lowest BCUT2D eigenvalue weighted by Crippen LogP contribution is -2.39. The Morgan fingerprint density at radius 2 is 2.05 bits per heavy atom. The summed E-state index contributed by atoms with van der Waals surface area (Å²) < 4.78 is 8.12. The second-order valence-corrected chi connectivity index (χ2v) is 5.86. The third-order valence-electron chi connectivity index (χ3n) is 4.12. The molecule has 2 aliphatic rings. The molecule has 0 amide bonds. The fraction of sp³-hybridized carbons (Fsp3) is 0.533. The first kappa shape index (κ1) is 12.8. The van der Waals surface area contributed by atoms with Gasteiger partial charge >= 0.3 is 0 Å². The Balaban J connectivity index is 1.49. The third-order valence-corrected chi connectivity index (χ3v) is 4.12. The minimum Gasteiger partial charge on any atom is -0.379 e. The maximum absolute atomic E-state index is 5.89. The lowest BCUT2D eigenvalue weighted by Gasteiger charge is -2.34. The number of hydrogen-bond donors (Lipinski definition) is 0. The van der Waals surface area contributed by atoms with Gasteiger partial charge < -0.3 is 14.2 Å². The molecule has 21 heavy (non-hydrogen) atoms. The van der Waals surface area contributed by atoms with Crippen molar-refractivity contribution in [3.8, 4) is 0 Å². The summed E-state index contributed by atoms with van der Waals surface area (Å²) >= 11 is 0. The molecule has 0 aromatic carbocycles. The van der Waals surface area contributed by atoms with Crippen LogP contribution in [0.15, 0.2) is 31.0 Å². The fourth-order valence-corrected chi connectivity index (χ4v) is 2.78. The van der Waals surface area contributed by atoms with Crippen LogP contribution in [0.5, 0.6) is 0 Å². The lowest BCUT2D eigenvalue weighted by atomic mass is 10.2. The second-order valence-electron chi connectivity index (χ2n) is 5.86. The van der Waals surface area contributed by atoms with E-state index >= 15 is 0 Å². The van der Waals surface area contributed by atoms with Gasteiger partial charge in [0.1, 0.15) is 0 Å². The SMILES string of the molecule is c1cnc(N2Cc3cncn3C(COCC3CC3)C2)nc1. The molecule has 1 aliphatic carbocycles. The van der Waals surface area contributed by atoms with Crippen LogP contribution >= 0.6 is 0 Å². The van der Waals surface area contributed by atoms with E-state index in [-0.39, 0.29) is 6.04 Å². The van der Waals surface area contributed by atoms with Gasteiger partial charge in [0.05, 0.1) is 31.2 Å². The zero-order valence-corrected chi connectivity index (χ0v) is 11.9. The van der Waals surface area contributed by atoms with Gasteiger partial charge in [-0.3, -0.25) is 0 Å². The minimum atomic E-state index is 0.277. The summed E-state index contributed by atoms with van der Waals surface area (Å²) in [4.78, 5) is 15.2. The van der Waals surface area contributed by atoms with Crippen molar-refractivity contribution in [2.24, 2.45) is 5.92 Å². The molecule has 6 nitrogen and oxygen atoms in total. The van der Waals surface area contributed by atoms with E-state index in [2.05, 4.69) is 24.4 Å². The highest BCUT2D eigenvalue weighted by atomic mass is 16.5. The Morgan fingerprint density at radius 3 is 2.86 bits per heavy atom. The number of rotatable bonds is 5. The molecule has 1 atom stereocenters. The molecule has 1 aliphatic heterocycles. The highest BCUT2D eigenvalue weighted by molar-refractivity contribution is 5.32. The van der Waals surface area contributed by atoms with Crippen LogP contribution in [0, 0.1) is 5.92 Å². The molecule has 4 rings (SSSR count). The van der Waals surface area contributed by atoms with Crippen LogP contribution in [0.3, 0.4) is 0 Å². The number of fused-ring (bicyclic) bond motifs is 1. The number of ether oxygens (including phenoxy) is 1. The topological polar surface area (TPSA) is 56.1 Å². The van der Waals surface area contributed by atoms with Crippen LogP contribution in [0.2, 0.25) is 0 Å². The van der Waals surface area contributed by atoms with E-state index in [4.69, 9.17) is 4.74 Å². The standard InChI is InChI=1S/C15H19N5O/c1-4-17-15(18-5-1)19-7-13-6-16-11-20(13)14(8-19)10-21-9-12-2-3-12/h1,4-6,11-12,14H,2-3,7-10H2. The van der Waals surface area contributed by atoms with E-state index in [1.54, 1.807) is 12.4 Å². The van der Waals surface area contributed by atoms with Crippen molar-refractivity contribution < 1.29 is 4.74 Å². The molecule has 0 N–H and O–H groups in total. The summed E-state index contributed by atoms with van der Waals surface area (Å²) in [5.74, 6) is 1.57.